The molecule has 0 bridgehead atoms. The van der Waals surface area contributed by atoms with Gasteiger partial charge in [0.25, 0.3) is 0 Å². The Labute approximate surface area is 177 Å². The molecule has 4 rings (SSSR count). The minimum absolute atomic E-state index is 0.140. The number of ether oxygens (including phenoxy) is 1. The van der Waals surface area contributed by atoms with Gasteiger partial charge in [-0.1, -0.05) is 30.3 Å². The van der Waals surface area contributed by atoms with Gasteiger partial charge >= 0.3 is 0 Å². The fourth-order valence-corrected chi connectivity index (χ4v) is 3.18. The Balaban J connectivity index is 1.24. The lowest BCUT2D eigenvalue weighted by molar-refractivity contribution is -0.117. The van der Waals surface area contributed by atoms with Gasteiger partial charge in [0.05, 0.1) is 5.69 Å². The van der Waals surface area contributed by atoms with Crippen LogP contribution in [0.4, 0.5) is 5.69 Å². The summed E-state index contributed by atoms with van der Waals surface area (Å²) in [6.45, 7) is 3.37. The third-order valence-corrected chi connectivity index (χ3v) is 5.27. The van der Waals surface area contributed by atoms with Crippen molar-refractivity contribution in [1.82, 2.24) is 10.3 Å². The van der Waals surface area contributed by atoms with Crippen molar-refractivity contribution in [3.05, 3.63) is 89.7 Å². The molecule has 154 valence electrons. The van der Waals surface area contributed by atoms with Gasteiger partial charge in [-0.25, -0.2) is 0 Å². The molecule has 1 aromatic heterocycles. The molecule has 0 spiro atoms. The number of hydrogen-bond donors (Lipinski definition) is 2. The molecule has 30 heavy (non-hydrogen) atoms. The Morgan fingerprint density at radius 3 is 2.50 bits per heavy atom. The zero-order valence-electron chi connectivity index (χ0n) is 17.2. The maximum atomic E-state index is 11.9. The minimum Gasteiger partial charge on any atom is -0.487 e. The molecule has 1 saturated carbocycles. The highest BCUT2D eigenvalue weighted by Gasteiger charge is 2.29. The van der Waals surface area contributed by atoms with E-state index in [1.165, 1.54) is 11.1 Å². The number of anilines is 1. The van der Waals surface area contributed by atoms with E-state index in [2.05, 4.69) is 46.8 Å². The fourth-order valence-electron chi connectivity index (χ4n) is 3.18. The van der Waals surface area contributed by atoms with E-state index in [-0.39, 0.29) is 17.9 Å². The van der Waals surface area contributed by atoms with Crippen LogP contribution in [0.1, 0.15) is 42.6 Å². The lowest BCUT2D eigenvalue weighted by Crippen LogP contribution is -2.18. The van der Waals surface area contributed by atoms with Crippen LogP contribution in [-0.2, 0) is 17.9 Å². The molecule has 5 nitrogen and oxygen atoms in total. The second kappa shape index (κ2) is 9.55. The van der Waals surface area contributed by atoms with E-state index < -0.39 is 0 Å². The van der Waals surface area contributed by atoms with E-state index in [0.717, 1.165) is 36.5 Å². The molecule has 0 radical (unpaired) electrons. The van der Waals surface area contributed by atoms with Crippen LogP contribution >= 0.6 is 0 Å². The van der Waals surface area contributed by atoms with Crippen molar-refractivity contribution in [2.24, 2.45) is 5.92 Å². The van der Waals surface area contributed by atoms with Crippen molar-refractivity contribution in [2.75, 3.05) is 5.32 Å². The molecule has 3 aromatic rings. The summed E-state index contributed by atoms with van der Waals surface area (Å²) in [5, 5.41) is 6.52. The average molecular weight is 402 g/mol. The lowest BCUT2D eigenvalue weighted by Gasteiger charge is -2.15. The number of pyridine rings is 1. The third-order valence-electron chi connectivity index (χ3n) is 5.27. The highest BCUT2D eigenvalue weighted by molar-refractivity contribution is 5.94. The first-order valence-corrected chi connectivity index (χ1v) is 10.4. The minimum atomic E-state index is 0.140. The smallest absolute Gasteiger partial charge is 0.227 e. The summed E-state index contributed by atoms with van der Waals surface area (Å²) in [6.07, 6.45) is 3.80. The molecule has 5 heteroatoms. The molecule has 2 aromatic carbocycles. The standard InChI is InChI=1S/C25H27N3O2/c1-18(20-9-11-22(12-10-20)28-25(29)21-7-8-21)27-16-19-5-13-24(14-6-19)30-17-23-4-2-3-15-26-23/h2-6,9-15,18,21,27H,7-8,16-17H2,1H3,(H,28,29). The van der Waals surface area contributed by atoms with Crippen molar-refractivity contribution < 1.29 is 9.53 Å². The van der Waals surface area contributed by atoms with E-state index >= 15 is 0 Å². The normalized spacial score (nSPS) is 14.2. The Bertz CT molecular complexity index is 952. The van der Waals surface area contributed by atoms with Crippen LogP contribution in [0, 0.1) is 5.92 Å². The summed E-state index contributed by atoms with van der Waals surface area (Å²) >= 11 is 0. The third kappa shape index (κ3) is 5.67. The summed E-state index contributed by atoms with van der Waals surface area (Å²) in [7, 11) is 0. The lowest BCUT2D eigenvalue weighted by atomic mass is 10.1. The summed E-state index contributed by atoms with van der Waals surface area (Å²) in [6, 6.07) is 22.2. The molecule has 0 aliphatic heterocycles. The fraction of sp³-hybridized carbons (Fsp3) is 0.280. The number of aromatic nitrogens is 1. The number of nitrogens with one attached hydrogen (secondary N) is 2. The molecule has 1 atom stereocenters. The number of carbonyl (C=O) groups is 1. The van der Waals surface area contributed by atoms with Gasteiger partial charge in [0.1, 0.15) is 12.4 Å². The molecule has 1 aliphatic rings. The summed E-state index contributed by atoms with van der Waals surface area (Å²) in [5.74, 6) is 1.19. The molecule has 1 amide bonds. The average Bonchev–Trinajstić information content (AvgIpc) is 3.64. The summed E-state index contributed by atoms with van der Waals surface area (Å²) in [5.41, 5.74) is 4.16. The van der Waals surface area contributed by atoms with Crippen LogP contribution in [0.15, 0.2) is 72.9 Å². The predicted octanol–water partition coefficient (Wildman–Crippen LogP) is 4.86. The van der Waals surface area contributed by atoms with E-state index in [0.29, 0.717) is 6.61 Å². The van der Waals surface area contributed by atoms with Crippen LogP contribution in [0.3, 0.4) is 0 Å². The SMILES string of the molecule is CC(NCc1ccc(OCc2ccccn2)cc1)c1ccc(NC(=O)C2CC2)cc1. The predicted molar refractivity (Wildman–Crippen MR) is 118 cm³/mol. The summed E-state index contributed by atoms with van der Waals surface area (Å²) in [4.78, 5) is 16.1. The zero-order chi connectivity index (χ0) is 20.8. The van der Waals surface area contributed by atoms with Gasteiger partial charge in [0.15, 0.2) is 0 Å². The van der Waals surface area contributed by atoms with E-state index in [1.54, 1.807) is 6.20 Å². The van der Waals surface area contributed by atoms with Crippen LogP contribution in [-0.4, -0.2) is 10.9 Å². The van der Waals surface area contributed by atoms with Gasteiger partial charge in [0, 0.05) is 30.4 Å². The first-order chi connectivity index (χ1) is 14.7. The van der Waals surface area contributed by atoms with Gasteiger partial charge in [-0.2, -0.15) is 0 Å². The molecule has 1 heterocycles. The number of amides is 1. The number of benzene rings is 2. The van der Waals surface area contributed by atoms with E-state index in [4.69, 9.17) is 4.74 Å². The van der Waals surface area contributed by atoms with Crippen LogP contribution in [0.2, 0.25) is 0 Å². The zero-order valence-corrected chi connectivity index (χ0v) is 17.2. The topological polar surface area (TPSA) is 63.2 Å². The van der Waals surface area contributed by atoms with Gasteiger partial charge < -0.3 is 15.4 Å². The van der Waals surface area contributed by atoms with E-state index in [9.17, 15) is 4.79 Å². The monoisotopic (exact) mass is 401 g/mol. The Morgan fingerprint density at radius 1 is 1.07 bits per heavy atom. The first-order valence-electron chi connectivity index (χ1n) is 10.4. The number of hydrogen-bond acceptors (Lipinski definition) is 4. The van der Waals surface area contributed by atoms with Gasteiger partial charge in [-0.05, 0) is 67.3 Å². The maximum Gasteiger partial charge on any atom is 0.227 e. The Kier molecular flexibility index (Phi) is 6.40. The molecule has 1 aliphatic carbocycles. The maximum absolute atomic E-state index is 11.9. The van der Waals surface area contributed by atoms with Crippen LogP contribution in [0.5, 0.6) is 5.75 Å². The van der Waals surface area contributed by atoms with Crippen molar-refractivity contribution in [3.8, 4) is 5.75 Å². The molecular weight excluding hydrogens is 374 g/mol. The first kappa shape index (κ1) is 20.1. The second-order valence-corrected chi connectivity index (χ2v) is 7.74. The Morgan fingerprint density at radius 2 is 1.83 bits per heavy atom. The molecule has 0 saturated heterocycles. The molecule has 1 fully saturated rings. The highest BCUT2D eigenvalue weighted by atomic mass is 16.5. The number of rotatable bonds is 9. The van der Waals surface area contributed by atoms with Gasteiger partial charge in [0.2, 0.25) is 5.91 Å². The second-order valence-electron chi connectivity index (χ2n) is 7.74. The molecule has 1 unspecified atom stereocenters. The van der Waals surface area contributed by atoms with Gasteiger partial charge in [-0.15, -0.1) is 0 Å². The number of carbonyl (C=O) groups excluding carboxylic acids is 1. The number of nitrogens with zero attached hydrogens (tertiary/aromatic N) is 1. The molecule has 2 N–H and O–H groups in total. The van der Waals surface area contributed by atoms with Crippen LogP contribution < -0.4 is 15.4 Å². The van der Waals surface area contributed by atoms with Crippen LogP contribution in [0.25, 0.3) is 0 Å². The van der Waals surface area contributed by atoms with Crippen molar-refractivity contribution in [3.63, 3.8) is 0 Å². The van der Waals surface area contributed by atoms with Crippen molar-refractivity contribution in [1.29, 1.82) is 0 Å². The summed E-state index contributed by atoms with van der Waals surface area (Å²) < 4.78 is 5.79. The molecular formula is C25H27N3O2. The quantitative estimate of drug-likeness (QED) is 0.537. The van der Waals surface area contributed by atoms with Gasteiger partial charge in [-0.3, -0.25) is 9.78 Å². The van der Waals surface area contributed by atoms with Crippen molar-refractivity contribution in [2.45, 2.75) is 39.0 Å². The largest absolute Gasteiger partial charge is 0.487 e. The Hall–Kier alpha value is -3.18. The van der Waals surface area contributed by atoms with Crippen molar-refractivity contribution >= 4 is 11.6 Å². The highest BCUT2D eigenvalue weighted by Crippen LogP contribution is 2.30. The van der Waals surface area contributed by atoms with E-state index in [1.807, 2.05) is 42.5 Å².